The molecular weight excluding hydrogens is 242 g/mol. The minimum atomic E-state index is 0.0995. The first-order valence-corrected chi connectivity index (χ1v) is 6.78. The predicted molar refractivity (Wildman–Crippen MR) is 70.3 cm³/mol. The molecule has 0 bridgehead atoms. The van der Waals surface area contributed by atoms with Crippen molar-refractivity contribution in [2.75, 3.05) is 11.1 Å². The normalized spacial score (nSPS) is 19.8. The van der Waals surface area contributed by atoms with Crippen LogP contribution < -0.4 is 5.32 Å². The van der Waals surface area contributed by atoms with Gasteiger partial charge in [0.25, 0.3) is 0 Å². The summed E-state index contributed by atoms with van der Waals surface area (Å²) >= 11 is 7.73. The Morgan fingerprint density at radius 3 is 3.00 bits per heavy atom. The lowest BCUT2D eigenvalue weighted by Crippen LogP contribution is -2.22. The van der Waals surface area contributed by atoms with Gasteiger partial charge in [-0.25, -0.2) is 0 Å². The number of anilines is 1. The van der Waals surface area contributed by atoms with Crippen LogP contribution in [0.2, 0.25) is 5.02 Å². The number of rotatable bonds is 2. The van der Waals surface area contributed by atoms with Gasteiger partial charge in [-0.05, 0) is 43.2 Å². The van der Waals surface area contributed by atoms with E-state index < -0.39 is 0 Å². The first-order chi connectivity index (χ1) is 7.66. The third-order valence-corrected chi connectivity index (χ3v) is 4.45. The van der Waals surface area contributed by atoms with Crippen molar-refractivity contribution in [2.45, 2.75) is 25.0 Å². The second-order valence-corrected chi connectivity index (χ2v) is 5.67. The molecule has 1 heterocycles. The molecule has 2 rings (SSSR count). The summed E-state index contributed by atoms with van der Waals surface area (Å²) in [6.07, 6.45) is 2.12. The van der Waals surface area contributed by atoms with E-state index in [2.05, 4.69) is 5.32 Å². The lowest BCUT2D eigenvalue weighted by Gasteiger charge is -2.10. The van der Waals surface area contributed by atoms with Crippen molar-refractivity contribution in [2.24, 2.45) is 0 Å². The van der Waals surface area contributed by atoms with E-state index in [4.69, 9.17) is 11.6 Å². The summed E-state index contributed by atoms with van der Waals surface area (Å²) in [5.74, 6) is 1.19. The van der Waals surface area contributed by atoms with Crippen molar-refractivity contribution >= 4 is 35.0 Å². The van der Waals surface area contributed by atoms with Crippen LogP contribution in [0.4, 0.5) is 5.69 Å². The van der Waals surface area contributed by atoms with Crippen LogP contribution in [-0.2, 0) is 4.79 Å². The highest BCUT2D eigenvalue weighted by Crippen LogP contribution is 2.28. The summed E-state index contributed by atoms with van der Waals surface area (Å²) in [5, 5.41) is 3.71. The third-order valence-electron chi connectivity index (χ3n) is 2.66. The summed E-state index contributed by atoms with van der Waals surface area (Å²) in [7, 11) is 0. The molecule has 1 amide bonds. The zero-order chi connectivity index (χ0) is 11.5. The largest absolute Gasteiger partial charge is 0.325 e. The van der Waals surface area contributed by atoms with Gasteiger partial charge in [0.15, 0.2) is 0 Å². The molecule has 1 unspecified atom stereocenters. The Balaban J connectivity index is 2.02. The highest BCUT2D eigenvalue weighted by molar-refractivity contribution is 8.00. The number of nitrogens with one attached hydrogen (secondary N) is 1. The molecule has 0 saturated carbocycles. The van der Waals surface area contributed by atoms with Gasteiger partial charge in [0.2, 0.25) is 5.91 Å². The standard InChI is InChI=1S/C12H14ClNOS/c1-8-4-5-9(7-10(8)13)14-12(15)11-3-2-6-16-11/h4-5,7,11H,2-3,6H2,1H3,(H,14,15). The predicted octanol–water partition coefficient (Wildman–Crippen LogP) is 3.48. The number of carbonyl (C=O) groups excluding carboxylic acids is 1. The second kappa shape index (κ2) is 5.11. The molecule has 1 aromatic carbocycles. The summed E-state index contributed by atoms with van der Waals surface area (Å²) in [4.78, 5) is 11.8. The lowest BCUT2D eigenvalue weighted by molar-refractivity contribution is -0.115. The van der Waals surface area contributed by atoms with Crippen LogP contribution >= 0.6 is 23.4 Å². The molecule has 1 fully saturated rings. The van der Waals surface area contributed by atoms with E-state index in [1.165, 1.54) is 0 Å². The lowest BCUT2D eigenvalue weighted by atomic mass is 10.2. The third kappa shape index (κ3) is 2.71. The van der Waals surface area contributed by atoms with Crippen molar-refractivity contribution in [3.63, 3.8) is 0 Å². The van der Waals surface area contributed by atoms with Gasteiger partial charge in [-0.2, -0.15) is 0 Å². The van der Waals surface area contributed by atoms with Gasteiger partial charge in [0, 0.05) is 10.7 Å². The molecule has 1 aromatic rings. The smallest absolute Gasteiger partial charge is 0.237 e. The molecular formula is C12H14ClNOS. The van der Waals surface area contributed by atoms with Crippen LogP contribution in [0.3, 0.4) is 0 Å². The monoisotopic (exact) mass is 255 g/mol. The first-order valence-electron chi connectivity index (χ1n) is 5.35. The first kappa shape index (κ1) is 11.8. The van der Waals surface area contributed by atoms with Crippen molar-refractivity contribution < 1.29 is 4.79 Å². The van der Waals surface area contributed by atoms with Gasteiger partial charge in [-0.15, -0.1) is 11.8 Å². The number of aryl methyl sites for hydroxylation is 1. The molecule has 0 spiro atoms. The van der Waals surface area contributed by atoms with Crippen LogP contribution in [0.25, 0.3) is 0 Å². The van der Waals surface area contributed by atoms with Crippen LogP contribution in [0, 0.1) is 6.92 Å². The molecule has 4 heteroatoms. The Bertz CT molecular complexity index is 402. The van der Waals surface area contributed by atoms with Crippen LogP contribution in [0.5, 0.6) is 0 Å². The van der Waals surface area contributed by atoms with Crippen molar-refractivity contribution in [1.82, 2.24) is 0 Å². The summed E-state index contributed by atoms with van der Waals surface area (Å²) in [6, 6.07) is 5.60. The highest BCUT2D eigenvalue weighted by atomic mass is 35.5. The summed E-state index contributed by atoms with van der Waals surface area (Å²) in [5.41, 5.74) is 1.81. The molecule has 1 atom stereocenters. The molecule has 0 aromatic heterocycles. The van der Waals surface area contributed by atoms with E-state index in [0.29, 0.717) is 5.02 Å². The molecule has 2 nitrogen and oxygen atoms in total. The van der Waals surface area contributed by atoms with E-state index in [1.807, 2.05) is 19.1 Å². The summed E-state index contributed by atoms with van der Waals surface area (Å²) in [6.45, 7) is 1.95. The van der Waals surface area contributed by atoms with Crippen LogP contribution in [0.15, 0.2) is 18.2 Å². The number of halogens is 1. The maximum atomic E-state index is 11.8. The van der Waals surface area contributed by atoms with Gasteiger partial charge < -0.3 is 5.32 Å². The average Bonchev–Trinajstić information content (AvgIpc) is 2.77. The number of hydrogen-bond acceptors (Lipinski definition) is 2. The Labute approximate surface area is 105 Å². The van der Waals surface area contributed by atoms with Crippen molar-refractivity contribution in [3.8, 4) is 0 Å². The molecule has 1 aliphatic rings. The molecule has 0 radical (unpaired) electrons. The van der Waals surface area contributed by atoms with E-state index >= 15 is 0 Å². The summed E-state index contributed by atoms with van der Waals surface area (Å²) < 4.78 is 0. The fourth-order valence-electron chi connectivity index (χ4n) is 1.68. The molecule has 86 valence electrons. The number of benzene rings is 1. The van der Waals surface area contributed by atoms with Gasteiger partial charge in [-0.1, -0.05) is 17.7 Å². The maximum absolute atomic E-state index is 11.8. The van der Waals surface area contributed by atoms with Crippen LogP contribution in [-0.4, -0.2) is 16.9 Å². The number of hydrogen-bond donors (Lipinski definition) is 1. The van der Waals surface area contributed by atoms with E-state index in [1.54, 1.807) is 17.8 Å². The molecule has 1 saturated heterocycles. The zero-order valence-corrected chi connectivity index (χ0v) is 10.7. The van der Waals surface area contributed by atoms with Crippen LogP contribution in [0.1, 0.15) is 18.4 Å². The molecule has 1 aliphatic heterocycles. The number of thioether (sulfide) groups is 1. The van der Waals surface area contributed by atoms with Gasteiger partial charge in [-0.3, -0.25) is 4.79 Å². The second-order valence-electron chi connectivity index (χ2n) is 3.95. The van der Waals surface area contributed by atoms with Crippen molar-refractivity contribution in [3.05, 3.63) is 28.8 Å². The Kier molecular flexibility index (Phi) is 3.77. The fourth-order valence-corrected chi connectivity index (χ4v) is 3.02. The van der Waals surface area contributed by atoms with E-state index in [-0.39, 0.29) is 11.2 Å². The molecule has 1 N–H and O–H groups in total. The topological polar surface area (TPSA) is 29.1 Å². The average molecular weight is 256 g/mol. The van der Waals surface area contributed by atoms with Crippen molar-refractivity contribution in [1.29, 1.82) is 0 Å². The number of amides is 1. The Morgan fingerprint density at radius 2 is 2.38 bits per heavy atom. The maximum Gasteiger partial charge on any atom is 0.237 e. The molecule has 0 aliphatic carbocycles. The van der Waals surface area contributed by atoms with Gasteiger partial charge in [0.1, 0.15) is 0 Å². The minimum absolute atomic E-state index is 0.0995. The highest BCUT2D eigenvalue weighted by Gasteiger charge is 2.23. The minimum Gasteiger partial charge on any atom is -0.325 e. The SMILES string of the molecule is Cc1ccc(NC(=O)C2CCCS2)cc1Cl. The molecule has 16 heavy (non-hydrogen) atoms. The van der Waals surface area contributed by atoms with E-state index in [0.717, 1.165) is 29.8 Å². The Hall–Kier alpha value is -0.670. The quantitative estimate of drug-likeness (QED) is 0.877. The van der Waals surface area contributed by atoms with Gasteiger partial charge >= 0.3 is 0 Å². The zero-order valence-electron chi connectivity index (χ0n) is 9.13. The number of carbonyl (C=O) groups is 1. The fraction of sp³-hybridized carbons (Fsp3) is 0.417. The Morgan fingerprint density at radius 1 is 1.56 bits per heavy atom. The van der Waals surface area contributed by atoms with E-state index in [9.17, 15) is 4.79 Å². The van der Waals surface area contributed by atoms with Gasteiger partial charge in [0.05, 0.1) is 5.25 Å².